The first-order valence-electron chi connectivity index (χ1n) is 7.60. The minimum Gasteiger partial charge on any atom is -0.338 e. The van der Waals surface area contributed by atoms with E-state index in [-0.39, 0.29) is 5.41 Å². The maximum atomic E-state index is 12.9. The molecule has 2 N–H and O–H groups in total. The van der Waals surface area contributed by atoms with Crippen LogP contribution in [0.25, 0.3) is 0 Å². The molecule has 0 saturated heterocycles. The second-order valence-corrected chi connectivity index (χ2v) is 6.60. The molecule has 0 aromatic rings. The number of rotatable bonds is 6. The van der Waals surface area contributed by atoms with Gasteiger partial charge in [0.1, 0.15) is 0 Å². The van der Waals surface area contributed by atoms with Gasteiger partial charge in [0.05, 0.1) is 0 Å². The molecule has 0 heterocycles. The first-order chi connectivity index (χ1) is 8.59. The fourth-order valence-electron chi connectivity index (χ4n) is 3.62. The maximum Gasteiger partial charge on any atom is 0.229 e. The molecular weight excluding hydrogens is 224 g/mol. The van der Waals surface area contributed by atoms with Gasteiger partial charge in [0.25, 0.3) is 0 Å². The number of nitrogens with two attached hydrogens (primary N) is 1. The van der Waals surface area contributed by atoms with Gasteiger partial charge in [0, 0.05) is 24.5 Å². The molecule has 0 aromatic carbocycles. The molecule has 0 atom stereocenters. The SMILES string of the molecule is CC(C)CC1(C(=O)N(CCN)C2CC2)CCCC1. The van der Waals surface area contributed by atoms with Crippen molar-refractivity contribution in [3.8, 4) is 0 Å². The standard InChI is InChI=1S/C15H28N2O/c1-12(2)11-15(7-3-4-8-15)14(18)17(10-9-16)13-5-6-13/h12-13H,3-11,16H2,1-2H3. The van der Waals surface area contributed by atoms with E-state index in [1.807, 2.05) is 0 Å². The van der Waals surface area contributed by atoms with Crippen LogP contribution < -0.4 is 5.73 Å². The van der Waals surface area contributed by atoms with Gasteiger partial charge in [-0.2, -0.15) is 0 Å². The van der Waals surface area contributed by atoms with E-state index in [4.69, 9.17) is 5.73 Å². The van der Waals surface area contributed by atoms with E-state index in [2.05, 4.69) is 18.7 Å². The molecule has 104 valence electrons. The monoisotopic (exact) mass is 252 g/mol. The van der Waals surface area contributed by atoms with Gasteiger partial charge in [-0.05, 0) is 38.0 Å². The Kier molecular flexibility index (Phi) is 4.31. The third-order valence-corrected chi connectivity index (χ3v) is 4.43. The van der Waals surface area contributed by atoms with Gasteiger partial charge in [0.15, 0.2) is 0 Å². The summed E-state index contributed by atoms with van der Waals surface area (Å²) in [5, 5.41) is 0. The molecule has 2 saturated carbocycles. The number of hydrogen-bond donors (Lipinski definition) is 1. The summed E-state index contributed by atoms with van der Waals surface area (Å²) in [5.41, 5.74) is 5.63. The number of carbonyl (C=O) groups excluding carboxylic acids is 1. The summed E-state index contributed by atoms with van der Waals surface area (Å²) < 4.78 is 0. The molecule has 2 aliphatic carbocycles. The number of nitrogens with zero attached hydrogens (tertiary/aromatic N) is 1. The highest BCUT2D eigenvalue weighted by molar-refractivity contribution is 5.83. The van der Waals surface area contributed by atoms with Crippen molar-refractivity contribution in [3.05, 3.63) is 0 Å². The second kappa shape index (κ2) is 5.60. The van der Waals surface area contributed by atoms with E-state index in [1.54, 1.807) is 0 Å². The zero-order valence-corrected chi connectivity index (χ0v) is 12.0. The Labute approximate surface area is 111 Å². The molecule has 1 amide bonds. The molecule has 3 heteroatoms. The van der Waals surface area contributed by atoms with Crippen LogP contribution in [0.5, 0.6) is 0 Å². The third-order valence-electron chi connectivity index (χ3n) is 4.43. The van der Waals surface area contributed by atoms with E-state index in [9.17, 15) is 4.79 Å². The van der Waals surface area contributed by atoms with Gasteiger partial charge in [-0.1, -0.05) is 26.7 Å². The Morgan fingerprint density at radius 2 is 1.94 bits per heavy atom. The van der Waals surface area contributed by atoms with Gasteiger partial charge in [-0.3, -0.25) is 4.79 Å². The van der Waals surface area contributed by atoms with Crippen molar-refractivity contribution in [2.24, 2.45) is 17.1 Å². The lowest BCUT2D eigenvalue weighted by atomic mass is 9.77. The van der Waals surface area contributed by atoms with Crippen LogP contribution in [0.1, 0.15) is 58.8 Å². The van der Waals surface area contributed by atoms with Gasteiger partial charge in [-0.25, -0.2) is 0 Å². The first-order valence-corrected chi connectivity index (χ1v) is 7.60. The number of amides is 1. The maximum absolute atomic E-state index is 12.9. The van der Waals surface area contributed by atoms with Crippen molar-refractivity contribution in [2.75, 3.05) is 13.1 Å². The lowest BCUT2D eigenvalue weighted by molar-refractivity contribution is -0.143. The van der Waals surface area contributed by atoms with Crippen LogP contribution in [0.4, 0.5) is 0 Å². The molecule has 0 aromatic heterocycles. The summed E-state index contributed by atoms with van der Waals surface area (Å²) in [6.45, 7) is 5.82. The van der Waals surface area contributed by atoms with E-state index in [0.29, 0.717) is 24.4 Å². The average Bonchev–Trinajstić information content (AvgIpc) is 3.05. The minimum absolute atomic E-state index is 0.0497. The molecule has 2 aliphatic rings. The Morgan fingerprint density at radius 1 is 1.33 bits per heavy atom. The Morgan fingerprint density at radius 3 is 2.39 bits per heavy atom. The molecule has 2 fully saturated rings. The summed E-state index contributed by atoms with van der Waals surface area (Å²) in [5.74, 6) is 1.02. The Balaban J connectivity index is 2.10. The van der Waals surface area contributed by atoms with Crippen molar-refractivity contribution in [3.63, 3.8) is 0 Å². The van der Waals surface area contributed by atoms with Gasteiger partial charge in [0.2, 0.25) is 5.91 Å². The van der Waals surface area contributed by atoms with Crippen LogP contribution in [0.2, 0.25) is 0 Å². The summed E-state index contributed by atoms with van der Waals surface area (Å²) in [6, 6.07) is 0.505. The Bertz CT molecular complexity index is 291. The zero-order chi connectivity index (χ0) is 13.2. The third kappa shape index (κ3) is 2.87. The minimum atomic E-state index is -0.0497. The molecule has 18 heavy (non-hydrogen) atoms. The van der Waals surface area contributed by atoms with E-state index in [0.717, 1.165) is 25.8 Å². The van der Waals surface area contributed by atoms with E-state index >= 15 is 0 Å². The van der Waals surface area contributed by atoms with Crippen molar-refractivity contribution in [2.45, 2.75) is 64.8 Å². The first kappa shape index (κ1) is 13.9. The fraction of sp³-hybridized carbons (Fsp3) is 0.933. The molecule has 0 aliphatic heterocycles. The van der Waals surface area contributed by atoms with Gasteiger partial charge >= 0.3 is 0 Å². The largest absolute Gasteiger partial charge is 0.338 e. The van der Waals surface area contributed by atoms with Gasteiger partial charge < -0.3 is 10.6 Å². The van der Waals surface area contributed by atoms with Crippen molar-refractivity contribution < 1.29 is 4.79 Å². The summed E-state index contributed by atoms with van der Waals surface area (Å²) in [6.07, 6.45) is 8.06. The highest BCUT2D eigenvalue weighted by atomic mass is 16.2. The normalized spacial score (nSPS) is 22.4. The molecule has 0 bridgehead atoms. The van der Waals surface area contributed by atoms with E-state index in [1.165, 1.54) is 25.7 Å². The number of hydrogen-bond acceptors (Lipinski definition) is 2. The van der Waals surface area contributed by atoms with Crippen LogP contribution >= 0.6 is 0 Å². The predicted octanol–water partition coefficient (Wildman–Crippen LogP) is 2.54. The zero-order valence-electron chi connectivity index (χ0n) is 12.0. The summed E-state index contributed by atoms with van der Waals surface area (Å²) in [7, 11) is 0. The van der Waals surface area contributed by atoms with Crippen molar-refractivity contribution in [1.29, 1.82) is 0 Å². The van der Waals surface area contributed by atoms with Crippen LogP contribution in [0, 0.1) is 11.3 Å². The molecule has 0 unspecified atom stereocenters. The smallest absolute Gasteiger partial charge is 0.229 e. The topological polar surface area (TPSA) is 46.3 Å². The highest BCUT2D eigenvalue weighted by Gasteiger charge is 2.46. The van der Waals surface area contributed by atoms with Crippen molar-refractivity contribution >= 4 is 5.91 Å². The highest BCUT2D eigenvalue weighted by Crippen LogP contribution is 2.46. The van der Waals surface area contributed by atoms with Crippen molar-refractivity contribution in [1.82, 2.24) is 4.90 Å². The Hall–Kier alpha value is -0.570. The van der Waals surface area contributed by atoms with Crippen LogP contribution in [0.3, 0.4) is 0 Å². The second-order valence-electron chi connectivity index (χ2n) is 6.60. The summed E-state index contributed by atoms with van der Waals surface area (Å²) in [4.78, 5) is 15.0. The fourth-order valence-corrected chi connectivity index (χ4v) is 3.62. The molecule has 2 rings (SSSR count). The molecule has 3 nitrogen and oxygen atoms in total. The lowest BCUT2D eigenvalue weighted by Crippen LogP contribution is -2.46. The molecule has 0 spiro atoms. The summed E-state index contributed by atoms with van der Waals surface area (Å²) >= 11 is 0. The van der Waals surface area contributed by atoms with Gasteiger partial charge in [-0.15, -0.1) is 0 Å². The van der Waals surface area contributed by atoms with Crippen LogP contribution in [-0.2, 0) is 4.79 Å². The molecule has 0 radical (unpaired) electrons. The predicted molar refractivity (Wildman–Crippen MR) is 74.1 cm³/mol. The lowest BCUT2D eigenvalue weighted by Gasteiger charge is -2.35. The van der Waals surface area contributed by atoms with Crippen LogP contribution in [-0.4, -0.2) is 29.9 Å². The average molecular weight is 252 g/mol. The number of carbonyl (C=O) groups is 1. The molecular formula is C15H28N2O. The van der Waals surface area contributed by atoms with E-state index < -0.39 is 0 Å². The quantitative estimate of drug-likeness (QED) is 0.789. The van der Waals surface area contributed by atoms with Crippen LogP contribution in [0.15, 0.2) is 0 Å².